The Balaban J connectivity index is 2.86. The van der Waals surface area contributed by atoms with E-state index in [4.69, 9.17) is 4.55 Å². The summed E-state index contributed by atoms with van der Waals surface area (Å²) in [5.74, 6) is 0. The van der Waals surface area contributed by atoms with Crippen LogP contribution in [0.3, 0.4) is 0 Å². The lowest BCUT2D eigenvalue weighted by molar-refractivity contribution is 0.574. The van der Waals surface area contributed by atoms with Crippen molar-refractivity contribution < 1.29 is 8.76 Å². The summed E-state index contributed by atoms with van der Waals surface area (Å²) in [6, 6.07) is 7.98. The summed E-state index contributed by atoms with van der Waals surface area (Å²) in [6.45, 7) is 6.46. The lowest BCUT2D eigenvalue weighted by Gasteiger charge is -2.18. The van der Waals surface area contributed by atoms with Crippen molar-refractivity contribution in [3.8, 4) is 0 Å². The van der Waals surface area contributed by atoms with Crippen molar-refractivity contribution in [2.45, 2.75) is 26.2 Å². The fraction of sp³-hybridized carbons (Fsp3) is 0.333. The Labute approximate surface area is 93.3 Å². The van der Waals surface area contributed by atoms with E-state index in [-0.39, 0.29) is 5.41 Å². The largest absolute Gasteiger partial charge is 0.303 e. The van der Waals surface area contributed by atoms with E-state index in [0.29, 0.717) is 0 Å². The van der Waals surface area contributed by atoms with Crippen LogP contribution in [0, 0.1) is 0 Å². The average Bonchev–Trinajstić information content (AvgIpc) is 2.14. The summed E-state index contributed by atoms with van der Waals surface area (Å²) >= 11 is -1.87. The first kappa shape index (κ1) is 12.1. The molecule has 1 aromatic carbocycles. The van der Waals surface area contributed by atoms with Gasteiger partial charge >= 0.3 is 0 Å². The van der Waals surface area contributed by atoms with Crippen LogP contribution in [0.25, 0.3) is 6.08 Å². The molecule has 82 valence electrons. The number of rotatable bonds is 2. The molecule has 0 amide bonds. The highest BCUT2D eigenvalue weighted by molar-refractivity contribution is 7.82. The van der Waals surface area contributed by atoms with Gasteiger partial charge < -0.3 is 4.55 Å². The minimum Gasteiger partial charge on any atom is -0.303 e. The van der Waals surface area contributed by atoms with E-state index in [9.17, 15) is 4.21 Å². The van der Waals surface area contributed by atoms with Gasteiger partial charge in [-0.25, -0.2) is 4.21 Å². The molecule has 0 heterocycles. The fourth-order valence-electron chi connectivity index (χ4n) is 1.23. The van der Waals surface area contributed by atoms with Crippen LogP contribution < -0.4 is 0 Å². The van der Waals surface area contributed by atoms with E-state index in [0.717, 1.165) is 5.56 Å². The first-order chi connectivity index (χ1) is 6.89. The highest BCUT2D eigenvalue weighted by atomic mass is 32.2. The first-order valence-electron chi connectivity index (χ1n) is 4.78. The van der Waals surface area contributed by atoms with Gasteiger partial charge in [-0.15, -0.1) is 0 Å². The molecule has 1 unspecified atom stereocenters. The minimum absolute atomic E-state index is 0.141. The minimum atomic E-state index is -1.87. The maximum atomic E-state index is 10.4. The Morgan fingerprint density at radius 2 is 1.73 bits per heavy atom. The zero-order valence-electron chi connectivity index (χ0n) is 9.23. The molecule has 0 aliphatic rings. The highest BCUT2D eigenvalue weighted by Crippen LogP contribution is 2.22. The predicted octanol–water partition coefficient (Wildman–Crippen LogP) is 3.18. The van der Waals surface area contributed by atoms with Crippen molar-refractivity contribution in [3.63, 3.8) is 0 Å². The van der Waals surface area contributed by atoms with Gasteiger partial charge in [-0.05, 0) is 22.6 Å². The second-order valence-electron chi connectivity index (χ2n) is 4.45. The third-order valence-corrected chi connectivity index (χ3v) is 2.52. The molecule has 0 aliphatic heterocycles. The second kappa shape index (κ2) is 4.73. The van der Waals surface area contributed by atoms with E-state index in [1.54, 1.807) is 6.08 Å². The predicted molar refractivity (Wildman–Crippen MR) is 64.9 cm³/mol. The normalized spacial score (nSPS) is 14.4. The molecule has 1 rings (SSSR count). The van der Waals surface area contributed by atoms with Crippen LogP contribution in [0.4, 0.5) is 0 Å². The Bertz CT molecular complexity index is 372. The van der Waals surface area contributed by atoms with Gasteiger partial charge in [0.2, 0.25) is 0 Å². The summed E-state index contributed by atoms with van der Waals surface area (Å²) in [5.41, 5.74) is 2.33. The van der Waals surface area contributed by atoms with Crippen molar-refractivity contribution in [1.82, 2.24) is 0 Å². The van der Waals surface area contributed by atoms with Crippen molar-refractivity contribution in [2.75, 3.05) is 0 Å². The van der Waals surface area contributed by atoms with Crippen molar-refractivity contribution in [3.05, 3.63) is 40.8 Å². The van der Waals surface area contributed by atoms with Crippen LogP contribution in [-0.4, -0.2) is 8.76 Å². The number of hydrogen-bond acceptors (Lipinski definition) is 1. The molecular formula is C12H16O2S. The highest BCUT2D eigenvalue weighted by Gasteiger charge is 2.12. The van der Waals surface area contributed by atoms with Crippen LogP contribution in [0.2, 0.25) is 0 Å². The lowest BCUT2D eigenvalue weighted by Crippen LogP contribution is -2.10. The van der Waals surface area contributed by atoms with Gasteiger partial charge in [0.1, 0.15) is 0 Å². The van der Waals surface area contributed by atoms with Crippen LogP contribution >= 0.6 is 0 Å². The monoisotopic (exact) mass is 224 g/mol. The van der Waals surface area contributed by atoms with Gasteiger partial charge in [0.05, 0.1) is 0 Å². The maximum absolute atomic E-state index is 10.4. The van der Waals surface area contributed by atoms with Gasteiger partial charge in [-0.3, -0.25) is 0 Å². The van der Waals surface area contributed by atoms with Crippen LogP contribution in [0.1, 0.15) is 31.9 Å². The van der Waals surface area contributed by atoms with E-state index in [1.807, 2.05) is 24.3 Å². The molecule has 0 fully saturated rings. The van der Waals surface area contributed by atoms with Gasteiger partial charge in [0.25, 0.3) is 0 Å². The molecule has 1 N–H and O–H groups in total. The Morgan fingerprint density at radius 1 is 1.20 bits per heavy atom. The summed E-state index contributed by atoms with van der Waals surface area (Å²) in [4.78, 5) is 0. The molecule has 15 heavy (non-hydrogen) atoms. The summed E-state index contributed by atoms with van der Waals surface area (Å²) in [5, 5.41) is 1.26. The quantitative estimate of drug-likeness (QED) is 0.783. The molecule has 0 radical (unpaired) electrons. The smallest absolute Gasteiger partial charge is 0.178 e. The fourth-order valence-corrected chi connectivity index (χ4v) is 1.50. The molecule has 3 heteroatoms. The zero-order valence-corrected chi connectivity index (χ0v) is 10.0. The topological polar surface area (TPSA) is 37.3 Å². The van der Waals surface area contributed by atoms with E-state index in [1.165, 1.54) is 11.0 Å². The lowest BCUT2D eigenvalue weighted by atomic mass is 9.87. The Morgan fingerprint density at radius 3 is 2.13 bits per heavy atom. The Kier molecular flexibility index (Phi) is 3.83. The van der Waals surface area contributed by atoms with Crippen molar-refractivity contribution in [2.24, 2.45) is 0 Å². The zero-order chi connectivity index (χ0) is 11.5. The van der Waals surface area contributed by atoms with Crippen LogP contribution in [0.15, 0.2) is 29.7 Å². The SMILES string of the molecule is CC(C)(C)c1ccc(/C=C/S(=O)O)cc1. The van der Waals surface area contributed by atoms with Gasteiger partial charge in [-0.1, -0.05) is 45.0 Å². The van der Waals surface area contributed by atoms with E-state index >= 15 is 0 Å². The van der Waals surface area contributed by atoms with Gasteiger partial charge in [-0.2, -0.15) is 0 Å². The summed E-state index contributed by atoms with van der Waals surface area (Å²) in [7, 11) is 0. The van der Waals surface area contributed by atoms with E-state index < -0.39 is 11.1 Å². The number of hydrogen-bond donors (Lipinski definition) is 1. The van der Waals surface area contributed by atoms with E-state index in [2.05, 4.69) is 20.8 Å². The third-order valence-electron chi connectivity index (χ3n) is 2.15. The summed E-state index contributed by atoms with van der Waals surface area (Å²) < 4.78 is 19.0. The molecule has 1 aromatic rings. The third kappa shape index (κ3) is 3.98. The van der Waals surface area contributed by atoms with Gasteiger partial charge in [0.15, 0.2) is 11.1 Å². The van der Waals surface area contributed by atoms with Crippen molar-refractivity contribution >= 4 is 17.2 Å². The average molecular weight is 224 g/mol. The second-order valence-corrected chi connectivity index (χ2v) is 5.28. The Hall–Kier alpha value is -0.930. The summed E-state index contributed by atoms with van der Waals surface area (Å²) in [6.07, 6.45) is 1.64. The molecule has 0 spiro atoms. The van der Waals surface area contributed by atoms with Gasteiger partial charge in [0, 0.05) is 5.41 Å². The molecule has 0 saturated carbocycles. The van der Waals surface area contributed by atoms with Crippen molar-refractivity contribution in [1.29, 1.82) is 0 Å². The molecule has 2 nitrogen and oxygen atoms in total. The molecule has 1 atom stereocenters. The molecule has 0 bridgehead atoms. The first-order valence-corrected chi connectivity index (χ1v) is 5.95. The molecule has 0 saturated heterocycles. The molecule has 0 aliphatic carbocycles. The standard InChI is InChI=1S/C12H16O2S/c1-12(2,3)11-6-4-10(5-7-11)8-9-15(13)14/h4-9H,1-3H3,(H,13,14)/b9-8+. The number of benzene rings is 1. The van der Waals surface area contributed by atoms with Crippen LogP contribution in [-0.2, 0) is 16.5 Å². The molecule has 0 aromatic heterocycles. The maximum Gasteiger partial charge on any atom is 0.178 e. The van der Waals surface area contributed by atoms with Crippen LogP contribution in [0.5, 0.6) is 0 Å². The molecular weight excluding hydrogens is 208 g/mol.